The number of unbranched alkanes of at least 4 members (excludes halogenated alkanes) is 45. The maximum atomic E-state index is 12.5. The molecule has 0 aliphatic heterocycles. The molecule has 0 radical (unpaired) electrons. The minimum absolute atomic E-state index is 0.0333. The number of rotatable bonds is 60. The molecule has 0 bridgehead atoms. The molecule has 6 heteroatoms. The summed E-state index contributed by atoms with van der Waals surface area (Å²) in [6.45, 7) is 4.82. The number of amides is 1. The van der Waals surface area contributed by atoms with Gasteiger partial charge in [0.05, 0.1) is 25.4 Å². The highest BCUT2D eigenvalue weighted by Gasteiger charge is 2.18. The Bertz CT molecular complexity index is 1170. The molecule has 6 nitrogen and oxygen atoms in total. The number of esters is 1. The Hall–Kier alpha value is -1.92. The number of carbonyl (C=O) groups is 2. The van der Waals surface area contributed by atoms with E-state index in [1.165, 1.54) is 270 Å². The highest BCUT2D eigenvalue weighted by atomic mass is 16.5. The highest BCUT2D eigenvalue weighted by Crippen LogP contribution is 2.18. The van der Waals surface area contributed by atoms with E-state index in [-0.39, 0.29) is 18.5 Å². The molecule has 424 valence electrons. The molecule has 0 heterocycles. The Kier molecular flexibility index (Phi) is 60.0. The van der Waals surface area contributed by atoms with Gasteiger partial charge in [-0.3, -0.25) is 9.59 Å². The van der Waals surface area contributed by atoms with Crippen LogP contribution in [0.15, 0.2) is 36.5 Å². The molecule has 2 atom stereocenters. The van der Waals surface area contributed by atoms with Gasteiger partial charge in [0.2, 0.25) is 5.91 Å². The highest BCUT2D eigenvalue weighted by molar-refractivity contribution is 5.76. The molecule has 2 unspecified atom stereocenters. The van der Waals surface area contributed by atoms with Gasteiger partial charge in [0.15, 0.2) is 0 Å². The Morgan fingerprint density at radius 2 is 0.694 bits per heavy atom. The number of aliphatic hydroxyl groups excluding tert-OH is 2. The summed E-state index contributed by atoms with van der Waals surface area (Å²) in [4.78, 5) is 24.5. The van der Waals surface area contributed by atoms with Crippen molar-refractivity contribution in [1.82, 2.24) is 5.32 Å². The molecular formula is C66H125NO5. The molecule has 0 aromatic heterocycles. The van der Waals surface area contributed by atoms with Crippen LogP contribution in [0.5, 0.6) is 0 Å². The van der Waals surface area contributed by atoms with Gasteiger partial charge in [-0.25, -0.2) is 0 Å². The van der Waals surface area contributed by atoms with Crippen molar-refractivity contribution in [3.8, 4) is 0 Å². The lowest BCUT2D eigenvalue weighted by atomic mass is 10.0. The summed E-state index contributed by atoms with van der Waals surface area (Å²) in [5.41, 5.74) is 0. The molecule has 0 saturated heterocycles. The predicted molar refractivity (Wildman–Crippen MR) is 315 cm³/mol. The third-order valence-electron chi connectivity index (χ3n) is 14.9. The molecule has 0 fully saturated rings. The van der Waals surface area contributed by atoms with E-state index in [0.29, 0.717) is 19.4 Å². The lowest BCUT2D eigenvalue weighted by molar-refractivity contribution is -0.143. The molecule has 0 aliphatic rings. The van der Waals surface area contributed by atoms with E-state index in [4.69, 9.17) is 4.74 Å². The second kappa shape index (κ2) is 61.6. The van der Waals surface area contributed by atoms with Crippen LogP contribution in [0.4, 0.5) is 0 Å². The average Bonchev–Trinajstić information content (AvgIpc) is 3.38. The van der Waals surface area contributed by atoms with Crippen LogP contribution < -0.4 is 5.32 Å². The average molecular weight is 1010 g/mol. The van der Waals surface area contributed by atoms with Crippen molar-refractivity contribution in [2.24, 2.45) is 0 Å². The van der Waals surface area contributed by atoms with E-state index in [2.05, 4.69) is 43.5 Å². The van der Waals surface area contributed by atoms with Crippen LogP contribution in [0.25, 0.3) is 0 Å². The van der Waals surface area contributed by atoms with Crippen LogP contribution in [0.2, 0.25) is 0 Å². The fourth-order valence-electron chi connectivity index (χ4n) is 10.0. The first-order valence-electron chi connectivity index (χ1n) is 32.3. The molecule has 0 rings (SSSR count). The number of nitrogens with one attached hydrogen (secondary N) is 1. The Morgan fingerprint density at radius 1 is 0.389 bits per heavy atom. The maximum absolute atomic E-state index is 12.5. The van der Waals surface area contributed by atoms with Crippen LogP contribution >= 0.6 is 0 Å². The van der Waals surface area contributed by atoms with Crippen molar-refractivity contribution in [2.75, 3.05) is 13.2 Å². The van der Waals surface area contributed by atoms with Crippen molar-refractivity contribution in [3.63, 3.8) is 0 Å². The number of aliphatic hydroxyl groups is 2. The van der Waals surface area contributed by atoms with E-state index in [9.17, 15) is 19.8 Å². The summed E-state index contributed by atoms with van der Waals surface area (Å²) in [5, 5.41) is 23.2. The smallest absolute Gasteiger partial charge is 0.305 e. The van der Waals surface area contributed by atoms with Gasteiger partial charge >= 0.3 is 5.97 Å². The Labute approximate surface area is 449 Å². The number of hydrogen-bond acceptors (Lipinski definition) is 5. The van der Waals surface area contributed by atoms with Crippen LogP contribution in [-0.4, -0.2) is 47.4 Å². The normalized spacial score (nSPS) is 12.8. The fraction of sp³-hybridized carbons (Fsp3) is 0.879. The van der Waals surface area contributed by atoms with Gasteiger partial charge in [0, 0.05) is 12.8 Å². The fourth-order valence-corrected chi connectivity index (χ4v) is 10.0. The van der Waals surface area contributed by atoms with Crippen molar-refractivity contribution < 1.29 is 24.5 Å². The minimum atomic E-state index is -0.849. The van der Waals surface area contributed by atoms with E-state index < -0.39 is 12.1 Å². The monoisotopic (exact) mass is 1010 g/mol. The first-order chi connectivity index (χ1) is 35.5. The standard InChI is InChI=1S/C66H125NO5/c1-3-5-7-9-11-13-15-17-19-20-21-25-28-31-34-38-42-46-50-54-58-64(69)63(62-68)67-65(70)59-55-51-47-43-39-35-32-29-26-23-22-24-27-30-33-37-41-45-49-53-57-61-72-66(71)60-56-52-48-44-40-36-18-16-14-12-10-8-6-4-2/h37,41,49,53-54,58,63-64,68-69H,3-36,38-40,42-48,50-52,55-57,59-62H2,1-2H3,(H,67,70)/b41-37-,53-49-,58-54+. The second-order valence-electron chi connectivity index (χ2n) is 22.1. The molecule has 0 aliphatic carbocycles. The molecule has 0 saturated carbocycles. The van der Waals surface area contributed by atoms with E-state index >= 15 is 0 Å². The molecule has 72 heavy (non-hydrogen) atoms. The van der Waals surface area contributed by atoms with Gasteiger partial charge in [-0.05, 0) is 51.4 Å². The Balaban J connectivity index is 3.48. The lowest BCUT2D eigenvalue weighted by Gasteiger charge is -2.20. The Morgan fingerprint density at radius 3 is 1.06 bits per heavy atom. The van der Waals surface area contributed by atoms with Crippen LogP contribution in [-0.2, 0) is 14.3 Å². The van der Waals surface area contributed by atoms with Gasteiger partial charge < -0.3 is 20.3 Å². The number of ether oxygens (including phenoxy) is 1. The van der Waals surface area contributed by atoms with E-state index in [1.54, 1.807) is 6.08 Å². The van der Waals surface area contributed by atoms with Crippen molar-refractivity contribution in [2.45, 2.75) is 360 Å². The second-order valence-corrected chi connectivity index (χ2v) is 22.1. The topological polar surface area (TPSA) is 95.9 Å². The summed E-state index contributed by atoms with van der Waals surface area (Å²) >= 11 is 0. The van der Waals surface area contributed by atoms with Gasteiger partial charge in [-0.2, -0.15) is 0 Å². The van der Waals surface area contributed by atoms with Crippen LogP contribution in [0.1, 0.15) is 348 Å². The zero-order valence-corrected chi connectivity index (χ0v) is 48.4. The van der Waals surface area contributed by atoms with Gasteiger partial charge in [0.1, 0.15) is 0 Å². The maximum Gasteiger partial charge on any atom is 0.305 e. The molecular weight excluding hydrogens is 887 g/mol. The molecule has 3 N–H and O–H groups in total. The number of carbonyl (C=O) groups excluding carboxylic acids is 2. The van der Waals surface area contributed by atoms with Gasteiger partial charge in [-0.15, -0.1) is 0 Å². The van der Waals surface area contributed by atoms with Gasteiger partial charge in [0.25, 0.3) is 0 Å². The van der Waals surface area contributed by atoms with Crippen molar-refractivity contribution in [1.29, 1.82) is 0 Å². The summed E-state index contributed by atoms with van der Waals surface area (Å²) in [6, 6.07) is -0.633. The molecule has 1 amide bonds. The largest absolute Gasteiger partial charge is 0.465 e. The predicted octanol–water partition coefficient (Wildman–Crippen LogP) is 20.4. The zero-order valence-electron chi connectivity index (χ0n) is 48.4. The van der Waals surface area contributed by atoms with E-state index in [0.717, 1.165) is 51.4 Å². The lowest BCUT2D eigenvalue weighted by Crippen LogP contribution is -2.45. The SMILES string of the molecule is CCCCCCCCCCCCCCCCCCCC/C=C/C(O)C(CO)NC(=O)CCCCCCCCCCCCCCCC/C=C\C/C=C\CCOC(=O)CCCCCCCCCCCCCCCC. The quantitative estimate of drug-likeness (QED) is 0.0320. The van der Waals surface area contributed by atoms with E-state index in [1.807, 2.05) is 6.08 Å². The molecule has 0 aromatic rings. The first kappa shape index (κ1) is 70.1. The zero-order chi connectivity index (χ0) is 52.2. The summed E-state index contributed by atoms with van der Waals surface area (Å²) in [5.74, 6) is -0.103. The summed E-state index contributed by atoms with van der Waals surface area (Å²) in [6.07, 6.45) is 77.8. The minimum Gasteiger partial charge on any atom is -0.465 e. The third-order valence-corrected chi connectivity index (χ3v) is 14.9. The molecule has 0 spiro atoms. The van der Waals surface area contributed by atoms with Gasteiger partial charge in [-0.1, -0.05) is 320 Å². The number of hydrogen-bond donors (Lipinski definition) is 3. The summed E-state index contributed by atoms with van der Waals surface area (Å²) in [7, 11) is 0. The summed E-state index contributed by atoms with van der Waals surface area (Å²) < 4.78 is 5.42. The molecule has 0 aromatic carbocycles. The van der Waals surface area contributed by atoms with Crippen molar-refractivity contribution in [3.05, 3.63) is 36.5 Å². The van der Waals surface area contributed by atoms with Crippen LogP contribution in [0, 0.1) is 0 Å². The van der Waals surface area contributed by atoms with Crippen molar-refractivity contribution >= 4 is 11.9 Å². The third kappa shape index (κ3) is 57.4. The number of allylic oxidation sites excluding steroid dienone is 4. The van der Waals surface area contributed by atoms with Crippen LogP contribution in [0.3, 0.4) is 0 Å². The first-order valence-corrected chi connectivity index (χ1v) is 32.3.